The molecule has 62 heavy (non-hydrogen) atoms. The number of rotatable bonds is 8. The second-order valence-corrected chi connectivity index (χ2v) is 22.3. The van der Waals surface area contributed by atoms with Crippen molar-refractivity contribution in [2.75, 3.05) is 0 Å². The number of aromatic nitrogens is 2. The van der Waals surface area contributed by atoms with Gasteiger partial charge in [0.25, 0.3) is 0 Å². The zero-order chi connectivity index (χ0) is 44.4. The van der Waals surface area contributed by atoms with Crippen molar-refractivity contribution in [3.63, 3.8) is 0 Å². The Hall–Kier alpha value is -5.23. The molecule has 1 saturated heterocycles. The second kappa shape index (κ2) is 14.1. The van der Waals surface area contributed by atoms with Gasteiger partial charge >= 0.3 is 0 Å². The van der Waals surface area contributed by atoms with E-state index < -0.39 is 0 Å². The lowest BCUT2D eigenvalue weighted by Crippen LogP contribution is -2.47. The highest BCUT2D eigenvalue weighted by Gasteiger charge is 2.78. The molecule has 1 fully saturated rings. The second-order valence-electron chi connectivity index (χ2n) is 22.3. The van der Waals surface area contributed by atoms with Crippen molar-refractivity contribution in [3.8, 4) is 17.3 Å². The van der Waals surface area contributed by atoms with Crippen molar-refractivity contribution in [3.05, 3.63) is 150 Å². The van der Waals surface area contributed by atoms with E-state index in [2.05, 4.69) is 217 Å². The summed E-state index contributed by atoms with van der Waals surface area (Å²) in [6, 6.07) is 41.5. The molecular formula is C57H67N4O+. The molecule has 0 bridgehead atoms. The predicted molar refractivity (Wildman–Crippen MR) is 263 cm³/mol. The number of ether oxygens (including phenoxy) is 1. The van der Waals surface area contributed by atoms with Crippen molar-refractivity contribution >= 4 is 44.6 Å². The first-order chi connectivity index (χ1) is 29.1. The van der Waals surface area contributed by atoms with Crippen LogP contribution in [0, 0.1) is 6.67 Å². The lowest BCUT2D eigenvalue weighted by Gasteiger charge is -2.41. The Labute approximate surface area is 371 Å². The number of benzene rings is 5. The highest BCUT2D eigenvalue weighted by Crippen LogP contribution is 2.76. The molecule has 0 radical (unpaired) electrons. The van der Waals surface area contributed by atoms with Crippen LogP contribution < -0.4 is 13.9 Å². The molecule has 0 aliphatic carbocycles. The summed E-state index contributed by atoms with van der Waals surface area (Å²) in [7, 11) is 0. The van der Waals surface area contributed by atoms with E-state index in [1.54, 1.807) is 0 Å². The van der Waals surface area contributed by atoms with Crippen molar-refractivity contribution in [2.24, 2.45) is 0 Å². The molecule has 0 N–H and O–H groups in total. The van der Waals surface area contributed by atoms with Crippen molar-refractivity contribution < 1.29 is 4.74 Å². The number of pyridine rings is 1. The Morgan fingerprint density at radius 1 is 0.532 bits per heavy atom. The zero-order valence-electron chi connectivity index (χ0n) is 39.7. The molecule has 9 rings (SSSR count). The maximum atomic E-state index is 7.09. The van der Waals surface area contributed by atoms with Crippen molar-refractivity contribution in [1.29, 1.82) is 0 Å². The number of fused-ring (bicyclic) bond motifs is 7. The molecule has 0 saturated carbocycles. The fraction of sp³-hybridized carbons (Fsp3) is 0.368. The van der Waals surface area contributed by atoms with E-state index in [1.165, 1.54) is 61.3 Å². The minimum Gasteiger partial charge on any atom is -0.457 e. The first-order valence-electron chi connectivity index (χ1n) is 22.9. The topological polar surface area (TPSA) is 27.1 Å². The minimum atomic E-state index is -0.109. The Balaban J connectivity index is 1.20. The maximum absolute atomic E-state index is 7.09. The van der Waals surface area contributed by atoms with Gasteiger partial charge in [0.2, 0.25) is 11.4 Å². The van der Waals surface area contributed by atoms with Crippen LogP contribution in [0.5, 0.6) is 11.5 Å². The number of quaternary nitrogens is 2. The van der Waals surface area contributed by atoms with Crippen LogP contribution in [0.3, 0.4) is 0 Å². The normalized spacial score (nSPS) is 18.8. The van der Waals surface area contributed by atoms with E-state index in [1.807, 2.05) is 6.20 Å². The lowest BCUT2D eigenvalue weighted by atomic mass is 9.85. The monoisotopic (exact) mass is 824 g/mol. The van der Waals surface area contributed by atoms with Gasteiger partial charge in [0.15, 0.2) is 18.0 Å². The Kier molecular flexibility index (Phi) is 9.60. The molecule has 2 aliphatic rings. The third-order valence-corrected chi connectivity index (χ3v) is 13.9. The number of nitrogens with zero attached hydrogens (tertiary/aromatic N) is 4. The predicted octanol–water partition coefficient (Wildman–Crippen LogP) is 16.4. The molecule has 5 aromatic carbocycles. The van der Waals surface area contributed by atoms with Crippen LogP contribution in [0.1, 0.15) is 144 Å². The molecular weight excluding hydrogens is 757 g/mol. The molecule has 2 atom stereocenters. The van der Waals surface area contributed by atoms with Gasteiger partial charge in [0, 0.05) is 59.4 Å². The van der Waals surface area contributed by atoms with E-state index in [4.69, 9.17) is 9.72 Å². The average Bonchev–Trinajstić information content (AvgIpc) is 3.71. The summed E-state index contributed by atoms with van der Waals surface area (Å²) < 4.78 is 10.7. The standard InChI is InChI=1S/C57H67N4O/c1-15-37(16-2)38-18-17-19-43(28-38)60-36-61(60,51-25-21-40(32-52(51)60)55(6,7)8)44-29-42(57(12,13)14)30-46(34-44)62-45-22-24-48-47-23-20-39(54(3,4)5)31-49(47)59(50(48)35-45)53-33-41(26-27-58-53)56(9,10)11/h17-37H,15-16H2,1-14H3/q+1/t60-,61?/m0/s1. The van der Waals surface area contributed by atoms with Crippen LogP contribution in [-0.2, 0) is 21.7 Å². The van der Waals surface area contributed by atoms with Crippen LogP contribution in [0.2, 0.25) is 0 Å². The quantitative estimate of drug-likeness (QED) is 0.0867. The molecule has 320 valence electrons. The highest BCUT2D eigenvalue weighted by atomic mass is 16.5. The molecule has 1 unspecified atom stereocenters. The van der Waals surface area contributed by atoms with Crippen LogP contribution in [0.4, 0.5) is 22.7 Å². The summed E-state index contributed by atoms with van der Waals surface area (Å²) in [5, 5.41) is 2.39. The third kappa shape index (κ3) is 6.61. The summed E-state index contributed by atoms with van der Waals surface area (Å²) in [6.07, 6.45) is 4.22. The Morgan fingerprint density at radius 3 is 1.79 bits per heavy atom. The fourth-order valence-electron chi connectivity index (χ4n) is 9.91. The first-order valence-corrected chi connectivity index (χ1v) is 22.9. The summed E-state index contributed by atoms with van der Waals surface area (Å²) in [5.41, 5.74) is 13.9. The van der Waals surface area contributed by atoms with Gasteiger partial charge in [-0.3, -0.25) is 4.57 Å². The Bertz CT molecular complexity index is 2890. The largest absolute Gasteiger partial charge is 0.457 e. The van der Waals surface area contributed by atoms with E-state index in [9.17, 15) is 0 Å². The lowest BCUT2D eigenvalue weighted by molar-refractivity contribution is 0.420. The van der Waals surface area contributed by atoms with Crippen molar-refractivity contribution in [2.45, 2.75) is 137 Å². The molecule has 0 amide bonds. The van der Waals surface area contributed by atoms with Crippen LogP contribution in [0.25, 0.3) is 27.6 Å². The van der Waals surface area contributed by atoms with Crippen LogP contribution in [0.15, 0.2) is 115 Å². The van der Waals surface area contributed by atoms with Gasteiger partial charge in [-0.1, -0.05) is 127 Å². The van der Waals surface area contributed by atoms with Crippen LogP contribution >= 0.6 is 0 Å². The maximum Gasteiger partial charge on any atom is 0.225 e. The fourth-order valence-corrected chi connectivity index (χ4v) is 9.91. The zero-order valence-corrected chi connectivity index (χ0v) is 39.7. The Morgan fingerprint density at radius 2 is 1.13 bits per heavy atom. The first kappa shape index (κ1) is 42.1. The molecule has 2 aliphatic heterocycles. The van der Waals surface area contributed by atoms with Gasteiger partial charge in [0.1, 0.15) is 17.3 Å². The number of hydrogen-bond donors (Lipinski definition) is 0. The van der Waals surface area contributed by atoms with Gasteiger partial charge in [-0.25, -0.2) is 4.98 Å². The van der Waals surface area contributed by atoms with Gasteiger partial charge < -0.3 is 4.74 Å². The molecule has 0 spiro atoms. The summed E-state index contributed by atoms with van der Waals surface area (Å²) >= 11 is 0. The van der Waals surface area contributed by atoms with E-state index in [0.29, 0.717) is 15.1 Å². The van der Waals surface area contributed by atoms with Gasteiger partial charge in [-0.15, -0.1) is 0 Å². The summed E-state index contributed by atoms with van der Waals surface area (Å²) in [4.78, 5) is 5.01. The van der Waals surface area contributed by atoms with Crippen molar-refractivity contribution in [1.82, 2.24) is 18.7 Å². The molecule has 4 heterocycles. The minimum absolute atomic E-state index is 0.000416. The summed E-state index contributed by atoms with van der Waals surface area (Å²) in [6.45, 7) is 34.6. The van der Waals surface area contributed by atoms with Gasteiger partial charge in [0.05, 0.1) is 11.0 Å². The highest BCUT2D eigenvalue weighted by molar-refractivity contribution is 6.09. The summed E-state index contributed by atoms with van der Waals surface area (Å²) in [5.74, 6) is 3.09. The third-order valence-electron chi connectivity index (χ3n) is 13.9. The van der Waals surface area contributed by atoms with Crippen LogP contribution in [-0.4, -0.2) is 9.55 Å². The molecule has 5 nitrogen and oxygen atoms in total. The smallest absolute Gasteiger partial charge is 0.225 e. The average molecular weight is 824 g/mol. The van der Waals surface area contributed by atoms with E-state index in [0.717, 1.165) is 41.2 Å². The molecule has 2 aromatic heterocycles. The van der Waals surface area contributed by atoms with E-state index >= 15 is 0 Å². The molecule has 5 heteroatoms. The van der Waals surface area contributed by atoms with Gasteiger partial charge in [-0.2, -0.15) is 9.18 Å². The number of hydrogen-bond acceptors (Lipinski definition) is 2. The van der Waals surface area contributed by atoms with E-state index in [-0.39, 0.29) is 21.7 Å². The van der Waals surface area contributed by atoms with Gasteiger partial charge in [-0.05, 0) is 105 Å². The SMILES string of the molecule is CCC(CC)c1cccc([N@+]23[CH-][N+]2(c2cc(Oc4ccc5c6ccc(C(C)(C)C)cc6n(-c6cc(C(C)(C)C)ccn6)c5c4)cc(C(C)(C)C)c2)c2ccc(C(C)(C)C)cc23)c1. The molecule has 7 aromatic rings.